The molecule has 17 heavy (non-hydrogen) atoms. The lowest BCUT2D eigenvalue weighted by atomic mass is 9.96. The highest BCUT2D eigenvalue weighted by molar-refractivity contribution is 5.95. The van der Waals surface area contributed by atoms with Gasteiger partial charge in [-0.1, -0.05) is 5.16 Å². The zero-order chi connectivity index (χ0) is 11.8. The molecule has 2 saturated heterocycles. The lowest BCUT2D eigenvalue weighted by molar-refractivity contribution is 0.0598. The van der Waals surface area contributed by atoms with Gasteiger partial charge in [-0.2, -0.15) is 0 Å². The standard InChI is InChI=1S/C12H17N3O2/c1-8-9(7-17-14-8)12(16)15-6-2-3-10-11(15)4-5-13-10/h7,10-11,13H,2-6H2,1H3. The third-order valence-corrected chi connectivity index (χ3v) is 3.87. The summed E-state index contributed by atoms with van der Waals surface area (Å²) in [5, 5.41) is 7.25. The molecular weight excluding hydrogens is 218 g/mol. The van der Waals surface area contributed by atoms with E-state index in [9.17, 15) is 4.79 Å². The molecule has 2 unspecified atom stereocenters. The molecule has 5 heteroatoms. The molecular formula is C12H17N3O2. The van der Waals surface area contributed by atoms with E-state index in [1.54, 1.807) is 0 Å². The van der Waals surface area contributed by atoms with E-state index in [0.717, 1.165) is 25.9 Å². The van der Waals surface area contributed by atoms with Crippen LogP contribution in [0.2, 0.25) is 0 Å². The highest BCUT2D eigenvalue weighted by Crippen LogP contribution is 2.26. The van der Waals surface area contributed by atoms with Gasteiger partial charge in [0.05, 0.1) is 5.69 Å². The summed E-state index contributed by atoms with van der Waals surface area (Å²) in [5.41, 5.74) is 1.29. The Kier molecular flexibility index (Phi) is 2.63. The molecule has 1 N–H and O–H groups in total. The Labute approximate surface area is 100 Å². The Balaban J connectivity index is 1.83. The van der Waals surface area contributed by atoms with E-state index in [-0.39, 0.29) is 5.91 Å². The number of piperidine rings is 1. The van der Waals surface area contributed by atoms with Crippen LogP contribution in [0, 0.1) is 6.92 Å². The number of hydrogen-bond donors (Lipinski definition) is 1. The van der Waals surface area contributed by atoms with Gasteiger partial charge in [0.1, 0.15) is 11.8 Å². The molecule has 0 bridgehead atoms. The summed E-state index contributed by atoms with van der Waals surface area (Å²) < 4.78 is 4.86. The van der Waals surface area contributed by atoms with Crippen LogP contribution >= 0.6 is 0 Å². The van der Waals surface area contributed by atoms with Gasteiger partial charge in [-0.25, -0.2) is 0 Å². The Morgan fingerprint density at radius 3 is 3.24 bits per heavy atom. The molecule has 2 atom stereocenters. The van der Waals surface area contributed by atoms with Crippen molar-refractivity contribution in [2.45, 2.75) is 38.3 Å². The van der Waals surface area contributed by atoms with Crippen LogP contribution in [0.5, 0.6) is 0 Å². The van der Waals surface area contributed by atoms with Crippen molar-refractivity contribution in [3.63, 3.8) is 0 Å². The summed E-state index contributed by atoms with van der Waals surface area (Å²) in [6.07, 6.45) is 4.77. The lowest BCUT2D eigenvalue weighted by Gasteiger charge is -2.37. The van der Waals surface area contributed by atoms with Gasteiger partial charge in [0.15, 0.2) is 0 Å². The smallest absolute Gasteiger partial charge is 0.259 e. The first-order chi connectivity index (χ1) is 8.27. The molecule has 0 radical (unpaired) electrons. The quantitative estimate of drug-likeness (QED) is 0.787. The molecule has 5 nitrogen and oxygen atoms in total. The Bertz CT molecular complexity index is 429. The molecule has 0 spiro atoms. The van der Waals surface area contributed by atoms with E-state index >= 15 is 0 Å². The maximum Gasteiger partial charge on any atom is 0.259 e. The molecule has 92 valence electrons. The van der Waals surface area contributed by atoms with Crippen molar-refractivity contribution in [1.29, 1.82) is 0 Å². The number of carbonyl (C=O) groups excluding carboxylic acids is 1. The highest BCUT2D eigenvalue weighted by Gasteiger charge is 2.38. The molecule has 2 aliphatic rings. The van der Waals surface area contributed by atoms with Gasteiger partial charge in [0.2, 0.25) is 0 Å². The summed E-state index contributed by atoms with van der Waals surface area (Å²) in [6, 6.07) is 0.832. The van der Waals surface area contributed by atoms with Gasteiger partial charge in [-0.3, -0.25) is 4.79 Å². The second-order valence-electron chi connectivity index (χ2n) is 4.87. The third-order valence-electron chi connectivity index (χ3n) is 3.87. The van der Waals surface area contributed by atoms with E-state index in [1.807, 2.05) is 11.8 Å². The minimum Gasteiger partial charge on any atom is -0.364 e. The largest absolute Gasteiger partial charge is 0.364 e. The Morgan fingerprint density at radius 1 is 1.59 bits per heavy atom. The van der Waals surface area contributed by atoms with Crippen molar-refractivity contribution >= 4 is 5.91 Å². The highest BCUT2D eigenvalue weighted by atomic mass is 16.5. The average Bonchev–Trinajstić information content (AvgIpc) is 2.95. The predicted molar refractivity (Wildman–Crippen MR) is 61.7 cm³/mol. The van der Waals surface area contributed by atoms with Gasteiger partial charge in [-0.15, -0.1) is 0 Å². The first-order valence-corrected chi connectivity index (χ1v) is 6.22. The van der Waals surface area contributed by atoms with Crippen LogP contribution in [0.4, 0.5) is 0 Å². The second kappa shape index (κ2) is 4.14. The number of fused-ring (bicyclic) bond motifs is 1. The number of carbonyl (C=O) groups is 1. The van der Waals surface area contributed by atoms with Crippen molar-refractivity contribution in [2.24, 2.45) is 0 Å². The number of likely N-dealkylation sites (tertiary alicyclic amines) is 1. The summed E-state index contributed by atoms with van der Waals surface area (Å²) in [4.78, 5) is 14.4. The van der Waals surface area contributed by atoms with Gasteiger partial charge in [0.25, 0.3) is 5.91 Å². The van der Waals surface area contributed by atoms with Gasteiger partial charge >= 0.3 is 0 Å². The van der Waals surface area contributed by atoms with Crippen molar-refractivity contribution in [3.05, 3.63) is 17.5 Å². The van der Waals surface area contributed by atoms with E-state index in [2.05, 4.69) is 10.5 Å². The normalized spacial score (nSPS) is 28.2. The molecule has 2 fully saturated rings. The zero-order valence-corrected chi connectivity index (χ0v) is 9.98. The summed E-state index contributed by atoms with van der Waals surface area (Å²) in [7, 11) is 0. The fourth-order valence-electron chi connectivity index (χ4n) is 2.97. The summed E-state index contributed by atoms with van der Waals surface area (Å²) >= 11 is 0. The molecule has 2 aliphatic heterocycles. The zero-order valence-electron chi connectivity index (χ0n) is 9.98. The first kappa shape index (κ1) is 10.8. The Hall–Kier alpha value is -1.36. The van der Waals surface area contributed by atoms with Crippen molar-refractivity contribution in [2.75, 3.05) is 13.1 Å². The van der Waals surface area contributed by atoms with E-state index < -0.39 is 0 Å². The predicted octanol–water partition coefficient (Wildman–Crippen LogP) is 0.950. The van der Waals surface area contributed by atoms with Crippen LogP contribution in [0.15, 0.2) is 10.8 Å². The second-order valence-corrected chi connectivity index (χ2v) is 4.87. The van der Waals surface area contributed by atoms with Crippen LogP contribution in [0.25, 0.3) is 0 Å². The number of hydrogen-bond acceptors (Lipinski definition) is 4. The van der Waals surface area contributed by atoms with Crippen LogP contribution in [0.3, 0.4) is 0 Å². The monoisotopic (exact) mass is 235 g/mol. The van der Waals surface area contributed by atoms with Crippen molar-refractivity contribution in [1.82, 2.24) is 15.4 Å². The van der Waals surface area contributed by atoms with Gasteiger partial charge in [-0.05, 0) is 32.7 Å². The maximum atomic E-state index is 12.4. The molecule has 0 aromatic carbocycles. The molecule has 1 aromatic rings. The number of aromatic nitrogens is 1. The first-order valence-electron chi connectivity index (χ1n) is 6.22. The summed E-state index contributed by atoms with van der Waals surface area (Å²) in [6.45, 7) is 3.68. The fraction of sp³-hybridized carbons (Fsp3) is 0.667. The Morgan fingerprint density at radius 2 is 2.47 bits per heavy atom. The minimum absolute atomic E-state index is 0.0714. The number of amides is 1. The number of nitrogens with zero attached hydrogens (tertiary/aromatic N) is 2. The third kappa shape index (κ3) is 1.74. The lowest BCUT2D eigenvalue weighted by Crippen LogP contribution is -2.51. The molecule has 3 heterocycles. The topological polar surface area (TPSA) is 58.4 Å². The van der Waals surface area contributed by atoms with Gasteiger partial charge < -0.3 is 14.7 Å². The van der Waals surface area contributed by atoms with Crippen molar-refractivity contribution in [3.8, 4) is 0 Å². The summed E-state index contributed by atoms with van der Waals surface area (Å²) in [5.74, 6) is 0.0714. The fourth-order valence-corrected chi connectivity index (χ4v) is 2.97. The molecule has 1 aromatic heterocycles. The molecule has 3 rings (SSSR count). The average molecular weight is 235 g/mol. The number of nitrogens with one attached hydrogen (secondary N) is 1. The van der Waals surface area contributed by atoms with Crippen LogP contribution in [-0.2, 0) is 0 Å². The van der Waals surface area contributed by atoms with Crippen LogP contribution < -0.4 is 5.32 Å². The SMILES string of the molecule is Cc1nocc1C(=O)N1CCCC2NCCC21. The molecule has 0 aliphatic carbocycles. The van der Waals surface area contributed by atoms with E-state index in [1.165, 1.54) is 12.7 Å². The maximum absolute atomic E-state index is 12.4. The number of rotatable bonds is 1. The molecule has 0 saturated carbocycles. The van der Waals surface area contributed by atoms with Crippen LogP contribution in [0.1, 0.15) is 35.3 Å². The molecule has 1 amide bonds. The van der Waals surface area contributed by atoms with Crippen LogP contribution in [-0.4, -0.2) is 41.1 Å². The van der Waals surface area contributed by atoms with E-state index in [4.69, 9.17) is 4.52 Å². The van der Waals surface area contributed by atoms with Crippen molar-refractivity contribution < 1.29 is 9.32 Å². The number of aryl methyl sites for hydroxylation is 1. The van der Waals surface area contributed by atoms with Gasteiger partial charge in [0, 0.05) is 18.6 Å². The van der Waals surface area contributed by atoms with E-state index in [0.29, 0.717) is 23.3 Å². The minimum atomic E-state index is 0.0714.